The molecule has 0 aliphatic carbocycles. The second-order valence-electron chi connectivity index (χ2n) is 7.99. The number of hydrogen-bond acceptors (Lipinski definition) is 5. The van der Waals surface area contributed by atoms with E-state index in [-0.39, 0.29) is 11.8 Å². The van der Waals surface area contributed by atoms with Crippen molar-refractivity contribution in [3.8, 4) is 0 Å². The Kier molecular flexibility index (Phi) is 5.77. The molecule has 1 aromatic rings. The second kappa shape index (κ2) is 8.06. The first-order chi connectivity index (χ1) is 12.9. The summed E-state index contributed by atoms with van der Waals surface area (Å²) in [6, 6.07) is 5.63. The van der Waals surface area contributed by atoms with Gasteiger partial charge in [0.15, 0.2) is 5.60 Å². The largest absolute Gasteiger partial charge is 0.386 e. The lowest BCUT2D eigenvalue weighted by Gasteiger charge is -2.38. The van der Waals surface area contributed by atoms with Crippen molar-refractivity contribution in [1.29, 1.82) is 0 Å². The highest BCUT2D eigenvalue weighted by Crippen LogP contribution is 2.34. The van der Waals surface area contributed by atoms with Crippen LogP contribution in [0.15, 0.2) is 29.6 Å². The number of piperidine rings is 1. The van der Waals surface area contributed by atoms with Crippen LogP contribution in [0.25, 0.3) is 0 Å². The first-order valence-corrected chi connectivity index (χ1v) is 9.57. The standard InChI is InChI=1S/C20H28N4O3/c1-15(2)11-18(25)24-10-6-8-20(14-24)12-17(22-27-20)19(26)23(3)13-16-7-4-5-9-21-16/h4-5,7,9,15H,6,8,10-14H2,1-3H3/t20-/m0/s1. The molecule has 1 spiro atoms. The van der Waals surface area contributed by atoms with Gasteiger partial charge in [0.25, 0.3) is 5.91 Å². The number of likely N-dealkylation sites (tertiary alicyclic amines) is 1. The third kappa shape index (κ3) is 4.64. The van der Waals surface area contributed by atoms with Crippen molar-refractivity contribution >= 4 is 17.5 Å². The highest BCUT2D eigenvalue weighted by atomic mass is 16.7. The number of aromatic nitrogens is 1. The lowest BCUT2D eigenvalue weighted by Crippen LogP contribution is -2.51. The minimum atomic E-state index is -0.554. The molecule has 0 saturated carbocycles. The SMILES string of the molecule is CC(C)CC(=O)N1CCC[C@]2(CC(C(=O)N(C)Cc3ccccn3)=NO2)C1. The number of carbonyl (C=O) groups excluding carboxylic acids is 2. The molecule has 27 heavy (non-hydrogen) atoms. The molecule has 0 unspecified atom stereocenters. The van der Waals surface area contributed by atoms with Gasteiger partial charge in [0.1, 0.15) is 5.71 Å². The van der Waals surface area contributed by atoms with Crippen LogP contribution in [0.3, 0.4) is 0 Å². The van der Waals surface area contributed by atoms with E-state index in [1.807, 2.05) is 36.9 Å². The summed E-state index contributed by atoms with van der Waals surface area (Å²) in [5.74, 6) is 0.330. The lowest BCUT2D eigenvalue weighted by molar-refractivity contribution is -0.141. The van der Waals surface area contributed by atoms with Crippen LogP contribution < -0.4 is 0 Å². The Bertz CT molecular complexity index is 719. The zero-order chi connectivity index (χ0) is 19.4. The Balaban J connectivity index is 1.59. The van der Waals surface area contributed by atoms with Gasteiger partial charge in [-0.2, -0.15) is 0 Å². The summed E-state index contributed by atoms with van der Waals surface area (Å²) < 4.78 is 0. The van der Waals surface area contributed by atoms with Crippen molar-refractivity contribution in [2.75, 3.05) is 20.1 Å². The number of amides is 2. The van der Waals surface area contributed by atoms with Gasteiger partial charge in [0.05, 0.1) is 18.8 Å². The van der Waals surface area contributed by atoms with Gasteiger partial charge < -0.3 is 14.6 Å². The number of oxime groups is 1. The van der Waals surface area contributed by atoms with E-state index in [9.17, 15) is 9.59 Å². The summed E-state index contributed by atoms with van der Waals surface area (Å²) in [6.07, 6.45) is 4.37. The van der Waals surface area contributed by atoms with Gasteiger partial charge in [-0.25, -0.2) is 0 Å². The Labute approximate surface area is 160 Å². The Morgan fingerprint density at radius 3 is 2.89 bits per heavy atom. The maximum atomic E-state index is 12.7. The van der Waals surface area contributed by atoms with Crippen LogP contribution in [0, 0.1) is 5.92 Å². The smallest absolute Gasteiger partial charge is 0.271 e. The van der Waals surface area contributed by atoms with Crippen LogP contribution >= 0.6 is 0 Å². The molecule has 0 N–H and O–H groups in total. The second-order valence-corrected chi connectivity index (χ2v) is 7.99. The maximum absolute atomic E-state index is 12.7. The monoisotopic (exact) mass is 372 g/mol. The molecule has 7 heteroatoms. The fourth-order valence-corrected chi connectivity index (χ4v) is 3.67. The summed E-state index contributed by atoms with van der Waals surface area (Å²) in [5.41, 5.74) is 0.694. The highest BCUT2D eigenvalue weighted by molar-refractivity contribution is 6.39. The normalized spacial score (nSPS) is 21.9. The van der Waals surface area contributed by atoms with Crippen LogP contribution in [-0.4, -0.2) is 58.0 Å². The van der Waals surface area contributed by atoms with Crippen LogP contribution in [0.2, 0.25) is 0 Å². The van der Waals surface area contributed by atoms with Gasteiger partial charge in [-0.05, 0) is 30.9 Å². The van der Waals surface area contributed by atoms with E-state index < -0.39 is 5.60 Å². The predicted molar refractivity (Wildman–Crippen MR) is 102 cm³/mol. The van der Waals surface area contributed by atoms with Crippen molar-refractivity contribution in [3.63, 3.8) is 0 Å². The quantitative estimate of drug-likeness (QED) is 0.794. The molecule has 0 radical (unpaired) electrons. The molecule has 3 heterocycles. The van der Waals surface area contributed by atoms with Gasteiger partial charge in [0.2, 0.25) is 5.91 Å². The number of carbonyl (C=O) groups is 2. The number of hydrogen-bond donors (Lipinski definition) is 0. The highest BCUT2D eigenvalue weighted by Gasteiger charge is 2.46. The maximum Gasteiger partial charge on any atom is 0.271 e. The average Bonchev–Trinajstić information content (AvgIpc) is 3.04. The Hall–Kier alpha value is -2.44. The van der Waals surface area contributed by atoms with E-state index in [0.717, 1.165) is 25.1 Å². The van der Waals surface area contributed by atoms with Gasteiger partial charge in [-0.15, -0.1) is 0 Å². The van der Waals surface area contributed by atoms with Crippen molar-refractivity contribution in [3.05, 3.63) is 30.1 Å². The van der Waals surface area contributed by atoms with E-state index in [0.29, 0.717) is 37.6 Å². The first-order valence-electron chi connectivity index (χ1n) is 9.57. The predicted octanol–water partition coefficient (Wildman–Crippen LogP) is 2.22. The molecule has 0 aromatic carbocycles. The van der Waals surface area contributed by atoms with Crippen LogP contribution in [0.4, 0.5) is 0 Å². The fraction of sp³-hybridized carbons (Fsp3) is 0.600. The fourth-order valence-electron chi connectivity index (χ4n) is 3.67. The molecule has 3 rings (SSSR count). The molecule has 1 saturated heterocycles. The third-order valence-electron chi connectivity index (χ3n) is 5.03. The van der Waals surface area contributed by atoms with Gasteiger partial charge >= 0.3 is 0 Å². The number of nitrogens with zero attached hydrogens (tertiary/aromatic N) is 4. The molecule has 0 bridgehead atoms. The molecule has 1 atom stereocenters. The summed E-state index contributed by atoms with van der Waals surface area (Å²) in [4.78, 5) is 38.6. The first kappa shape index (κ1) is 19.3. The van der Waals surface area contributed by atoms with Crippen molar-refractivity contribution in [1.82, 2.24) is 14.8 Å². The molecule has 2 amide bonds. The zero-order valence-corrected chi connectivity index (χ0v) is 16.4. The summed E-state index contributed by atoms with van der Waals surface area (Å²) in [5, 5.41) is 4.10. The van der Waals surface area contributed by atoms with E-state index in [4.69, 9.17) is 4.84 Å². The van der Waals surface area contributed by atoms with Crippen LogP contribution in [0.5, 0.6) is 0 Å². The molecular formula is C20H28N4O3. The molecule has 1 fully saturated rings. The van der Waals surface area contributed by atoms with Crippen LogP contribution in [0.1, 0.15) is 45.2 Å². The molecule has 2 aliphatic rings. The zero-order valence-electron chi connectivity index (χ0n) is 16.4. The molecule has 146 valence electrons. The Morgan fingerprint density at radius 1 is 1.37 bits per heavy atom. The van der Waals surface area contributed by atoms with E-state index >= 15 is 0 Å². The number of rotatable bonds is 5. The van der Waals surface area contributed by atoms with E-state index in [1.165, 1.54) is 0 Å². The molecule has 7 nitrogen and oxygen atoms in total. The van der Waals surface area contributed by atoms with E-state index in [1.54, 1.807) is 18.1 Å². The van der Waals surface area contributed by atoms with Gasteiger partial charge in [0, 0.05) is 32.6 Å². The molecule has 2 aliphatic heterocycles. The van der Waals surface area contributed by atoms with Crippen molar-refractivity contribution in [2.45, 2.75) is 51.7 Å². The molecular weight excluding hydrogens is 344 g/mol. The summed E-state index contributed by atoms with van der Waals surface area (Å²) in [7, 11) is 1.74. The number of pyridine rings is 1. The van der Waals surface area contributed by atoms with E-state index in [2.05, 4.69) is 10.1 Å². The van der Waals surface area contributed by atoms with Crippen molar-refractivity contribution < 1.29 is 14.4 Å². The van der Waals surface area contributed by atoms with Crippen molar-refractivity contribution in [2.24, 2.45) is 11.1 Å². The summed E-state index contributed by atoms with van der Waals surface area (Å²) >= 11 is 0. The molecule has 1 aromatic heterocycles. The minimum absolute atomic E-state index is 0.150. The topological polar surface area (TPSA) is 75.1 Å². The third-order valence-corrected chi connectivity index (χ3v) is 5.03. The van der Waals surface area contributed by atoms with Gasteiger partial charge in [-0.1, -0.05) is 25.1 Å². The minimum Gasteiger partial charge on any atom is -0.386 e. The van der Waals surface area contributed by atoms with Gasteiger partial charge in [-0.3, -0.25) is 14.6 Å². The van der Waals surface area contributed by atoms with Crippen LogP contribution in [-0.2, 0) is 21.0 Å². The Morgan fingerprint density at radius 2 is 2.19 bits per heavy atom. The average molecular weight is 372 g/mol. The summed E-state index contributed by atoms with van der Waals surface area (Å²) in [6.45, 7) is 5.76. The lowest BCUT2D eigenvalue weighted by atomic mass is 9.87.